The van der Waals surface area contributed by atoms with Crippen LogP contribution in [0.3, 0.4) is 0 Å². The van der Waals surface area contributed by atoms with Crippen LogP contribution < -0.4 is 14.8 Å². The van der Waals surface area contributed by atoms with Crippen LogP contribution in [0.25, 0.3) is 11.1 Å². The topological polar surface area (TPSA) is 73.6 Å². The summed E-state index contributed by atoms with van der Waals surface area (Å²) in [6, 6.07) is 11.5. The summed E-state index contributed by atoms with van der Waals surface area (Å²) >= 11 is 6.02. The SMILES string of the molecule is COc1cccc(OC)c1C(=O)CC1CCCC(Nc2nc3ccc(Cl)cc3o2)C1. The largest absolute Gasteiger partial charge is 0.496 e. The number of halogens is 1. The predicted molar refractivity (Wildman–Crippen MR) is 117 cm³/mol. The maximum absolute atomic E-state index is 13.1. The van der Waals surface area contributed by atoms with E-state index < -0.39 is 0 Å². The van der Waals surface area contributed by atoms with Gasteiger partial charge in [0.2, 0.25) is 0 Å². The number of carbonyl (C=O) groups is 1. The summed E-state index contributed by atoms with van der Waals surface area (Å²) in [6.45, 7) is 0. The van der Waals surface area contributed by atoms with Gasteiger partial charge in [0.05, 0.1) is 14.2 Å². The Bertz CT molecular complexity index is 1030. The van der Waals surface area contributed by atoms with E-state index >= 15 is 0 Å². The van der Waals surface area contributed by atoms with Crippen LogP contribution in [-0.4, -0.2) is 31.0 Å². The molecule has 1 heterocycles. The second-order valence-electron chi connectivity index (χ2n) is 7.67. The van der Waals surface area contributed by atoms with Crippen molar-refractivity contribution in [3.8, 4) is 11.5 Å². The van der Waals surface area contributed by atoms with Crippen LogP contribution in [-0.2, 0) is 0 Å². The molecule has 3 aromatic rings. The van der Waals surface area contributed by atoms with Crippen molar-refractivity contribution in [2.45, 2.75) is 38.1 Å². The Labute approximate surface area is 180 Å². The number of ether oxygens (including phenoxy) is 2. The van der Waals surface area contributed by atoms with Gasteiger partial charge in [-0.05, 0) is 49.4 Å². The zero-order valence-corrected chi connectivity index (χ0v) is 17.9. The molecule has 0 radical (unpaired) electrons. The number of fused-ring (bicyclic) bond motifs is 1. The third kappa shape index (κ3) is 4.38. The van der Waals surface area contributed by atoms with E-state index in [1.165, 1.54) is 0 Å². The fourth-order valence-corrected chi connectivity index (χ4v) is 4.39. The quantitative estimate of drug-likeness (QED) is 0.483. The Morgan fingerprint density at radius 2 is 1.97 bits per heavy atom. The van der Waals surface area contributed by atoms with Gasteiger partial charge in [0.1, 0.15) is 22.6 Å². The van der Waals surface area contributed by atoms with Crippen molar-refractivity contribution in [2.75, 3.05) is 19.5 Å². The van der Waals surface area contributed by atoms with Gasteiger partial charge in [-0.2, -0.15) is 4.98 Å². The van der Waals surface area contributed by atoms with Crippen LogP contribution >= 0.6 is 11.6 Å². The molecule has 30 heavy (non-hydrogen) atoms. The number of hydrogen-bond donors (Lipinski definition) is 1. The second-order valence-corrected chi connectivity index (χ2v) is 8.11. The minimum atomic E-state index is 0.0476. The zero-order valence-electron chi connectivity index (χ0n) is 17.1. The Balaban J connectivity index is 1.43. The van der Waals surface area contributed by atoms with E-state index in [1.54, 1.807) is 38.5 Å². The summed E-state index contributed by atoms with van der Waals surface area (Å²) in [5, 5.41) is 4.02. The molecule has 0 spiro atoms. The lowest BCUT2D eigenvalue weighted by Gasteiger charge is -2.29. The van der Waals surface area contributed by atoms with E-state index in [0.29, 0.717) is 40.1 Å². The molecule has 6 nitrogen and oxygen atoms in total. The molecule has 0 amide bonds. The molecule has 0 bridgehead atoms. The first-order chi connectivity index (χ1) is 14.6. The lowest BCUT2D eigenvalue weighted by molar-refractivity contribution is 0.0942. The highest BCUT2D eigenvalue weighted by atomic mass is 35.5. The summed E-state index contributed by atoms with van der Waals surface area (Å²) < 4.78 is 16.6. The molecule has 2 aromatic carbocycles. The fraction of sp³-hybridized carbons (Fsp3) is 0.391. The first kappa shape index (κ1) is 20.5. The number of Topliss-reactive ketones (excluding diaryl/α,β-unsaturated/α-hetero) is 1. The normalized spacial score (nSPS) is 18.9. The first-order valence-corrected chi connectivity index (χ1v) is 10.5. The third-order valence-corrected chi connectivity index (χ3v) is 5.88. The van der Waals surface area contributed by atoms with Gasteiger partial charge in [0, 0.05) is 23.6 Å². The number of oxazole rings is 1. The highest BCUT2D eigenvalue weighted by Gasteiger charge is 2.27. The first-order valence-electron chi connectivity index (χ1n) is 10.1. The van der Waals surface area contributed by atoms with E-state index in [1.807, 2.05) is 12.1 Å². The number of nitrogens with zero attached hydrogens (tertiary/aromatic N) is 1. The fourth-order valence-electron chi connectivity index (χ4n) is 4.23. The lowest BCUT2D eigenvalue weighted by Crippen LogP contribution is -2.28. The van der Waals surface area contributed by atoms with Crippen molar-refractivity contribution in [1.29, 1.82) is 0 Å². The number of carbonyl (C=O) groups excluding carboxylic acids is 1. The van der Waals surface area contributed by atoms with Crippen molar-refractivity contribution in [3.05, 3.63) is 47.0 Å². The van der Waals surface area contributed by atoms with Gasteiger partial charge in [-0.1, -0.05) is 24.1 Å². The number of hydrogen-bond acceptors (Lipinski definition) is 6. The molecule has 1 aliphatic carbocycles. The van der Waals surface area contributed by atoms with Crippen LogP contribution in [0.2, 0.25) is 5.02 Å². The minimum Gasteiger partial charge on any atom is -0.496 e. The van der Waals surface area contributed by atoms with Crippen LogP contribution in [0.15, 0.2) is 40.8 Å². The summed E-state index contributed by atoms with van der Waals surface area (Å²) in [4.78, 5) is 17.6. The number of anilines is 1. The van der Waals surface area contributed by atoms with Crippen molar-refractivity contribution < 1.29 is 18.7 Å². The van der Waals surface area contributed by atoms with Crippen LogP contribution in [0, 0.1) is 5.92 Å². The van der Waals surface area contributed by atoms with Gasteiger partial charge in [0.15, 0.2) is 11.4 Å². The molecule has 7 heteroatoms. The van der Waals surface area contributed by atoms with Gasteiger partial charge >= 0.3 is 0 Å². The predicted octanol–water partition coefficient (Wildman–Crippen LogP) is 5.74. The second kappa shape index (κ2) is 8.96. The molecule has 1 N–H and O–H groups in total. The van der Waals surface area contributed by atoms with E-state index in [4.69, 9.17) is 25.5 Å². The van der Waals surface area contributed by atoms with E-state index in [9.17, 15) is 4.79 Å². The summed E-state index contributed by atoms with van der Waals surface area (Å²) in [6.07, 6.45) is 4.41. The van der Waals surface area contributed by atoms with Crippen molar-refractivity contribution in [1.82, 2.24) is 4.98 Å². The molecule has 1 aromatic heterocycles. The Kier molecular flexibility index (Phi) is 6.13. The molecule has 1 aliphatic rings. The number of ketones is 1. The number of nitrogens with one attached hydrogen (secondary N) is 1. The summed E-state index contributed by atoms with van der Waals surface area (Å²) in [7, 11) is 3.14. The maximum atomic E-state index is 13.1. The molecule has 158 valence electrons. The number of methoxy groups -OCH3 is 2. The van der Waals surface area contributed by atoms with E-state index in [2.05, 4.69) is 10.3 Å². The molecule has 0 saturated heterocycles. The van der Waals surface area contributed by atoms with Gasteiger partial charge in [-0.3, -0.25) is 4.79 Å². The van der Waals surface area contributed by atoms with Crippen molar-refractivity contribution in [2.24, 2.45) is 5.92 Å². The van der Waals surface area contributed by atoms with E-state index in [0.717, 1.165) is 31.2 Å². The zero-order chi connectivity index (χ0) is 21.1. The van der Waals surface area contributed by atoms with Gasteiger partial charge in [-0.15, -0.1) is 0 Å². The van der Waals surface area contributed by atoms with Crippen LogP contribution in [0.1, 0.15) is 42.5 Å². The average molecular weight is 429 g/mol. The maximum Gasteiger partial charge on any atom is 0.295 e. The Morgan fingerprint density at radius 3 is 2.70 bits per heavy atom. The molecular weight excluding hydrogens is 404 g/mol. The molecule has 2 atom stereocenters. The van der Waals surface area contributed by atoms with Crippen LogP contribution in [0.4, 0.5) is 6.01 Å². The molecule has 1 saturated carbocycles. The molecule has 2 unspecified atom stereocenters. The van der Waals surface area contributed by atoms with Crippen molar-refractivity contribution in [3.63, 3.8) is 0 Å². The van der Waals surface area contributed by atoms with Gasteiger partial charge in [-0.25, -0.2) is 0 Å². The Hall–Kier alpha value is -2.73. The summed E-state index contributed by atoms with van der Waals surface area (Å²) in [5.74, 6) is 1.42. The number of rotatable bonds is 7. The van der Waals surface area contributed by atoms with Crippen LogP contribution in [0.5, 0.6) is 11.5 Å². The van der Waals surface area contributed by atoms with E-state index in [-0.39, 0.29) is 17.7 Å². The van der Waals surface area contributed by atoms with Gasteiger partial charge < -0.3 is 19.2 Å². The lowest BCUT2D eigenvalue weighted by atomic mass is 9.82. The molecule has 1 fully saturated rings. The highest BCUT2D eigenvalue weighted by molar-refractivity contribution is 6.31. The number of aromatic nitrogens is 1. The Morgan fingerprint density at radius 1 is 1.20 bits per heavy atom. The number of benzene rings is 2. The minimum absolute atomic E-state index is 0.0476. The monoisotopic (exact) mass is 428 g/mol. The molecular formula is C23H25ClN2O4. The third-order valence-electron chi connectivity index (χ3n) is 5.64. The molecule has 0 aliphatic heterocycles. The summed E-state index contributed by atoms with van der Waals surface area (Å²) in [5.41, 5.74) is 1.96. The van der Waals surface area contributed by atoms with Crippen molar-refractivity contribution >= 4 is 34.5 Å². The smallest absolute Gasteiger partial charge is 0.295 e. The highest BCUT2D eigenvalue weighted by Crippen LogP contribution is 2.34. The standard InChI is InChI=1S/C23H25ClN2O4/c1-28-19-7-4-8-20(29-2)22(19)18(27)12-14-5-3-6-16(11-14)25-23-26-17-10-9-15(24)13-21(17)30-23/h4,7-10,13-14,16H,3,5-6,11-12H2,1-2H3,(H,25,26). The van der Waals surface area contributed by atoms with Gasteiger partial charge in [0.25, 0.3) is 6.01 Å². The molecule has 4 rings (SSSR count). The average Bonchev–Trinajstić information content (AvgIpc) is 3.14.